The fourth-order valence-electron chi connectivity index (χ4n) is 5.31. The minimum absolute atomic E-state index is 0.225. The molecule has 0 atom stereocenters. The van der Waals surface area contributed by atoms with Crippen molar-refractivity contribution < 1.29 is 14.4 Å². The van der Waals surface area contributed by atoms with Gasteiger partial charge in [0.1, 0.15) is 0 Å². The molecule has 0 aliphatic heterocycles. The molecule has 0 bridgehead atoms. The van der Waals surface area contributed by atoms with E-state index >= 15 is 0 Å². The molecule has 1 fully saturated rings. The highest BCUT2D eigenvalue weighted by atomic mass is 16.2. The zero-order valence-electron chi connectivity index (χ0n) is 30.2. The molecule has 3 N–H and O–H groups in total. The number of rotatable bonds is 12. The van der Waals surface area contributed by atoms with E-state index in [4.69, 9.17) is 0 Å². The zero-order chi connectivity index (χ0) is 39.2. The van der Waals surface area contributed by atoms with Crippen molar-refractivity contribution in [1.29, 1.82) is 0 Å². The Morgan fingerprint density at radius 3 is 0.719 bits per heavy atom. The van der Waals surface area contributed by atoms with E-state index in [0.29, 0.717) is 34.1 Å². The minimum atomic E-state index is -0.739. The summed E-state index contributed by atoms with van der Waals surface area (Å²) < 4.78 is 0. The Bertz CT molecular complexity index is 2240. The van der Waals surface area contributed by atoms with Crippen molar-refractivity contribution in [2.75, 3.05) is 16.0 Å². The maximum atomic E-state index is 13.8. The van der Waals surface area contributed by atoms with Crippen LogP contribution >= 0.6 is 0 Å². The SMILES string of the molecule is O=C1C(=CNc2ccc(N=Nc3ccccc3)cc2)C(=O)C(=CNc2ccc(N=Nc3ccccc3)cc2)C(=O)C1=CNc1ccc(N=Nc2ccccc2)cc1. The summed E-state index contributed by atoms with van der Waals surface area (Å²) in [6.07, 6.45) is 3.91. The number of hydrogen-bond donors (Lipinski definition) is 3. The lowest BCUT2D eigenvalue weighted by atomic mass is 9.84. The van der Waals surface area contributed by atoms with E-state index in [-0.39, 0.29) is 16.7 Å². The van der Waals surface area contributed by atoms with Crippen LogP contribution in [0.5, 0.6) is 0 Å². The molecule has 0 spiro atoms. The summed E-state index contributed by atoms with van der Waals surface area (Å²) in [5.41, 5.74) is 5.06. The highest BCUT2D eigenvalue weighted by Gasteiger charge is 2.38. The molecule has 12 nitrogen and oxygen atoms in total. The summed E-state index contributed by atoms with van der Waals surface area (Å²) >= 11 is 0. The van der Waals surface area contributed by atoms with E-state index in [1.54, 1.807) is 72.8 Å². The topological polar surface area (TPSA) is 161 Å². The van der Waals surface area contributed by atoms with Crippen molar-refractivity contribution in [3.05, 3.63) is 199 Å². The third kappa shape index (κ3) is 10.0. The predicted molar refractivity (Wildman–Crippen MR) is 221 cm³/mol. The number of nitrogens with one attached hydrogen (secondary N) is 3. The Hall–Kier alpha value is -8.25. The Labute approximate surface area is 327 Å². The van der Waals surface area contributed by atoms with Crippen molar-refractivity contribution in [2.45, 2.75) is 0 Å². The first-order valence-electron chi connectivity index (χ1n) is 17.7. The van der Waals surface area contributed by atoms with Crippen LogP contribution in [0.4, 0.5) is 51.2 Å². The molecule has 1 aliphatic rings. The average molecular weight is 748 g/mol. The number of anilines is 3. The normalized spacial score (nSPS) is 13.1. The number of allylic oxidation sites excluding steroid dienone is 3. The van der Waals surface area contributed by atoms with Gasteiger partial charge in [0.2, 0.25) is 17.3 Å². The maximum Gasteiger partial charge on any atom is 0.203 e. The zero-order valence-corrected chi connectivity index (χ0v) is 30.2. The first-order valence-corrected chi connectivity index (χ1v) is 17.7. The van der Waals surface area contributed by atoms with Gasteiger partial charge < -0.3 is 16.0 Å². The van der Waals surface area contributed by atoms with Gasteiger partial charge in [-0.1, -0.05) is 54.6 Å². The molecule has 0 heterocycles. The Balaban J connectivity index is 1.10. The lowest BCUT2D eigenvalue weighted by Gasteiger charge is -2.18. The van der Waals surface area contributed by atoms with E-state index in [9.17, 15) is 14.4 Å². The van der Waals surface area contributed by atoms with Gasteiger partial charge in [-0.05, 0) is 109 Å². The van der Waals surface area contributed by atoms with Crippen molar-refractivity contribution in [3.8, 4) is 0 Å². The summed E-state index contributed by atoms with van der Waals surface area (Å²) in [5, 5.41) is 34.5. The maximum absolute atomic E-state index is 13.8. The van der Waals surface area contributed by atoms with Gasteiger partial charge in [-0.2, -0.15) is 30.7 Å². The lowest BCUT2D eigenvalue weighted by molar-refractivity contribution is -0.124. The second-order valence-electron chi connectivity index (χ2n) is 12.3. The molecule has 7 rings (SSSR count). The van der Waals surface area contributed by atoms with Crippen molar-refractivity contribution in [3.63, 3.8) is 0 Å². The van der Waals surface area contributed by atoms with Crippen LogP contribution < -0.4 is 16.0 Å². The van der Waals surface area contributed by atoms with E-state index < -0.39 is 17.3 Å². The van der Waals surface area contributed by atoms with Crippen LogP contribution in [0.15, 0.2) is 230 Å². The van der Waals surface area contributed by atoms with E-state index in [0.717, 1.165) is 17.1 Å². The number of carbonyl (C=O) groups is 3. The fourth-order valence-corrected chi connectivity index (χ4v) is 5.31. The second kappa shape index (κ2) is 18.2. The number of ketones is 3. The summed E-state index contributed by atoms with van der Waals surface area (Å²) in [5.74, 6) is -2.22. The van der Waals surface area contributed by atoms with Crippen LogP contribution in [0.1, 0.15) is 0 Å². The largest absolute Gasteiger partial charge is 0.361 e. The molecule has 12 heteroatoms. The number of benzene rings is 6. The molecule has 1 saturated carbocycles. The van der Waals surface area contributed by atoms with Crippen LogP contribution in [0.25, 0.3) is 0 Å². The Morgan fingerprint density at radius 1 is 0.281 bits per heavy atom. The van der Waals surface area contributed by atoms with Gasteiger partial charge in [0.25, 0.3) is 0 Å². The molecule has 0 aromatic heterocycles. The third-order valence-electron chi connectivity index (χ3n) is 8.33. The number of nitrogens with zero attached hydrogens (tertiary/aromatic N) is 6. The van der Waals surface area contributed by atoms with E-state index in [1.165, 1.54) is 18.6 Å². The average Bonchev–Trinajstić information content (AvgIpc) is 3.26. The first kappa shape index (κ1) is 37.1. The number of hydrogen-bond acceptors (Lipinski definition) is 12. The van der Waals surface area contributed by atoms with Gasteiger partial charge in [0, 0.05) is 35.7 Å². The van der Waals surface area contributed by atoms with E-state index in [1.807, 2.05) is 91.0 Å². The summed E-state index contributed by atoms with van der Waals surface area (Å²) in [6, 6.07) is 48.9. The highest BCUT2D eigenvalue weighted by molar-refractivity contribution is 6.51. The quantitative estimate of drug-likeness (QED) is 0.0641. The highest BCUT2D eigenvalue weighted by Crippen LogP contribution is 2.27. The molecule has 0 unspecified atom stereocenters. The fraction of sp³-hybridized carbons (Fsp3) is 0. The van der Waals surface area contributed by atoms with Crippen molar-refractivity contribution >= 4 is 68.5 Å². The summed E-state index contributed by atoms with van der Waals surface area (Å²) in [6.45, 7) is 0. The number of carbonyl (C=O) groups excluding carboxylic acids is 3. The number of azo groups is 3. The third-order valence-corrected chi connectivity index (χ3v) is 8.33. The molecule has 276 valence electrons. The number of Topliss-reactive ketones (excluding diaryl/α,β-unsaturated/α-hetero) is 3. The van der Waals surface area contributed by atoms with Crippen LogP contribution in [-0.4, -0.2) is 17.3 Å². The van der Waals surface area contributed by atoms with Crippen molar-refractivity contribution in [1.82, 2.24) is 0 Å². The van der Waals surface area contributed by atoms with Crippen LogP contribution in [0, 0.1) is 0 Å². The molecule has 1 aliphatic carbocycles. The molecular formula is C45H33N9O3. The van der Waals surface area contributed by atoms with Crippen LogP contribution in [-0.2, 0) is 14.4 Å². The Morgan fingerprint density at radius 2 is 0.491 bits per heavy atom. The smallest absolute Gasteiger partial charge is 0.203 e. The molecule has 6 aromatic carbocycles. The van der Waals surface area contributed by atoms with Gasteiger partial charge in [0.15, 0.2) is 0 Å². The predicted octanol–water partition coefficient (Wildman–Crippen LogP) is 11.9. The van der Waals surface area contributed by atoms with Gasteiger partial charge in [-0.15, -0.1) is 0 Å². The van der Waals surface area contributed by atoms with Gasteiger partial charge >= 0.3 is 0 Å². The second-order valence-corrected chi connectivity index (χ2v) is 12.3. The molecule has 0 saturated heterocycles. The summed E-state index contributed by atoms with van der Waals surface area (Å²) in [4.78, 5) is 41.3. The monoisotopic (exact) mass is 747 g/mol. The standard InChI is InChI=1S/C45H33N9O3/c55-43-40(28-46-31-16-22-37(23-17-31)52-49-34-10-4-1-5-11-34)44(56)42(30-48-33-20-26-39(27-21-33)54-51-36-14-8-3-9-15-36)45(57)41(43)29-47-32-18-24-38(25-19-32)53-50-35-12-6-2-7-13-35/h1-30,46-48H. The molecule has 0 radical (unpaired) electrons. The Kier molecular flexibility index (Phi) is 11.8. The van der Waals surface area contributed by atoms with Crippen molar-refractivity contribution in [2.24, 2.45) is 30.7 Å². The van der Waals surface area contributed by atoms with Gasteiger partial charge in [-0.25, -0.2) is 0 Å². The first-order chi connectivity index (χ1) is 28.0. The molecule has 57 heavy (non-hydrogen) atoms. The molecular weight excluding hydrogens is 715 g/mol. The summed E-state index contributed by atoms with van der Waals surface area (Å²) in [7, 11) is 0. The van der Waals surface area contributed by atoms with Crippen LogP contribution in [0.2, 0.25) is 0 Å². The minimum Gasteiger partial charge on any atom is -0.361 e. The van der Waals surface area contributed by atoms with Gasteiger partial charge in [-0.3, -0.25) is 14.4 Å². The lowest BCUT2D eigenvalue weighted by Crippen LogP contribution is -2.33. The molecule has 6 aromatic rings. The van der Waals surface area contributed by atoms with E-state index in [2.05, 4.69) is 46.6 Å². The van der Waals surface area contributed by atoms with Crippen LogP contribution in [0.3, 0.4) is 0 Å². The molecule has 0 amide bonds. The van der Waals surface area contributed by atoms with Gasteiger partial charge in [0.05, 0.1) is 50.8 Å².